The Hall–Kier alpha value is -3.08. The zero-order chi connectivity index (χ0) is 31.2. The van der Waals surface area contributed by atoms with Crippen LogP contribution < -0.4 is 16.6 Å². The maximum Gasteiger partial charge on any atom is 0.254 e. The Labute approximate surface area is 254 Å². The van der Waals surface area contributed by atoms with Crippen LogP contribution in [0.4, 0.5) is 4.39 Å². The summed E-state index contributed by atoms with van der Waals surface area (Å²) in [5.41, 5.74) is 9.81. The molecule has 0 fully saturated rings. The van der Waals surface area contributed by atoms with Gasteiger partial charge in [-0.25, -0.2) is 9.37 Å². The van der Waals surface area contributed by atoms with E-state index >= 15 is 4.39 Å². The molecule has 3 heterocycles. The van der Waals surface area contributed by atoms with E-state index in [1.54, 1.807) is 36.2 Å². The summed E-state index contributed by atoms with van der Waals surface area (Å²) in [4.78, 5) is 45.2. The molecular formula is C33H39FN4O4S. The van der Waals surface area contributed by atoms with Crippen LogP contribution in [0.1, 0.15) is 93.3 Å². The molecule has 8 nitrogen and oxygen atoms in total. The van der Waals surface area contributed by atoms with Gasteiger partial charge in [-0.2, -0.15) is 11.8 Å². The van der Waals surface area contributed by atoms with Gasteiger partial charge in [-0.15, -0.1) is 0 Å². The van der Waals surface area contributed by atoms with Crippen LogP contribution in [0, 0.1) is 12.7 Å². The lowest BCUT2D eigenvalue weighted by atomic mass is 9.77. The number of hydrogen-bond donors (Lipinski definition) is 3. The Kier molecular flexibility index (Phi) is 7.14. The van der Waals surface area contributed by atoms with E-state index in [2.05, 4.69) is 19.2 Å². The quantitative estimate of drug-likeness (QED) is 0.298. The first kappa shape index (κ1) is 30.0. The summed E-state index contributed by atoms with van der Waals surface area (Å²) in [6.07, 6.45) is 1.63. The maximum absolute atomic E-state index is 15.2. The number of aliphatic hydroxyl groups is 1. The average molecular weight is 607 g/mol. The molecule has 0 radical (unpaired) electrons. The monoisotopic (exact) mass is 606 g/mol. The highest BCUT2D eigenvalue weighted by molar-refractivity contribution is 8.01. The number of ketones is 1. The van der Waals surface area contributed by atoms with E-state index in [9.17, 15) is 19.5 Å². The van der Waals surface area contributed by atoms with E-state index < -0.39 is 22.4 Å². The second-order valence-corrected chi connectivity index (χ2v) is 15.2. The fourth-order valence-electron chi connectivity index (χ4n) is 7.34. The molecule has 3 aromatic rings. The third-order valence-corrected chi connectivity index (χ3v) is 11.0. The average Bonchev–Trinajstić information content (AvgIpc) is 3.32. The van der Waals surface area contributed by atoms with Crippen molar-refractivity contribution >= 4 is 34.4 Å². The molecule has 0 unspecified atom stereocenters. The predicted octanol–water partition coefficient (Wildman–Crippen LogP) is 4.34. The normalized spacial score (nSPS) is 21.5. The molecule has 43 heavy (non-hydrogen) atoms. The number of fused-ring (bicyclic) bond motifs is 5. The molecule has 0 saturated carbocycles. The molecule has 0 spiro atoms. The Morgan fingerprint density at radius 2 is 1.95 bits per heavy atom. The van der Waals surface area contributed by atoms with Crippen molar-refractivity contribution in [2.24, 2.45) is 5.73 Å². The van der Waals surface area contributed by atoms with Gasteiger partial charge in [-0.05, 0) is 74.5 Å². The molecule has 4 N–H and O–H groups in total. The summed E-state index contributed by atoms with van der Waals surface area (Å²) in [5, 5.41) is 15.7. The van der Waals surface area contributed by atoms with Crippen LogP contribution in [-0.2, 0) is 34.6 Å². The minimum Gasteiger partial charge on any atom is -0.377 e. The van der Waals surface area contributed by atoms with Crippen LogP contribution in [0.25, 0.3) is 22.3 Å². The van der Waals surface area contributed by atoms with Crippen LogP contribution in [0.15, 0.2) is 16.9 Å². The number of aryl methyl sites for hydroxylation is 1. The first-order chi connectivity index (χ1) is 20.2. The number of carbonyl (C=O) groups excluding carboxylic acids is 2. The third-order valence-electron chi connectivity index (χ3n) is 9.64. The molecule has 0 saturated heterocycles. The van der Waals surface area contributed by atoms with E-state index in [1.165, 1.54) is 6.07 Å². The van der Waals surface area contributed by atoms with Crippen molar-refractivity contribution in [2.75, 3.05) is 0 Å². The fourth-order valence-corrected chi connectivity index (χ4v) is 8.81. The first-order valence-electron chi connectivity index (χ1n) is 15.1. The fraction of sp³-hybridized carbons (Fsp3) is 0.515. The van der Waals surface area contributed by atoms with Crippen LogP contribution in [0.5, 0.6) is 0 Å². The van der Waals surface area contributed by atoms with E-state index in [1.807, 2.05) is 13.8 Å². The summed E-state index contributed by atoms with van der Waals surface area (Å²) in [6, 6.07) is 1.96. The van der Waals surface area contributed by atoms with E-state index in [0.29, 0.717) is 51.7 Å². The smallest absolute Gasteiger partial charge is 0.254 e. The van der Waals surface area contributed by atoms with Crippen molar-refractivity contribution in [1.29, 1.82) is 0 Å². The van der Waals surface area contributed by atoms with Crippen molar-refractivity contribution in [3.8, 4) is 11.4 Å². The van der Waals surface area contributed by atoms with E-state index in [4.69, 9.17) is 10.7 Å². The first-order valence-corrected chi connectivity index (χ1v) is 16.0. The number of benzene rings is 1. The molecule has 2 aromatic heterocycles. The second kappa shape index (κ2) is 10.2. The molecule has 10 heteroatoms. The van der Waals surface area contributed by atoms with Gasteiger partial charge in [-0.1, -0.05) is 20.8 Å². The number of nitrogens with two attached hydrogens (primary N) is 1. The van der Waals surface area contributed by atoms with Crippen molar-refractivity contribution in [3.05, 3.63) is 61.7 Å². The largest absolute Gasteiger partial charge is 0.377 e. The molecule has 1 aliphatic heterocycles. The number of nitrogens with zero attached hydrogens (tertiary/aromatic N) is 2. The zero-order valence-electron chi connectivity index (χ0n) is 25.6. The van der Waals surface area contributed by atoms with Gasteiger partial charge in [0.15, 0.2) is 5.78 Å². The summed E-state index contributed by atoms with van der Waals surface area (Å²) >= 11 is 1.65. The highest BCUT2D eigenvalue weighted by Gasteiger charge is 2.44. The van der Waals surface area contributed by atoms with Crippen LogP contribution in [0.3, 0.4) is 0 Å². The van der Waals surface area contributed by atoms with Gasteiger partial charge < -0.3 is 20.7 Å². The number of rotatable bonds is 6. The molecule has 2 aliphatic carbocycles. The summed E-state index contributed by atoms with van der Waals surface area (Å²) < 4.78 is 16.3. The minimum absolute atomic E-state index is 0.105. The standard InChI is InChI=1S/C33H39FN4O4S/c1-7-33(42)20-12-24-28-19(14-38(24)31(41)18(20)9-11-25(33)39)27-22(37-30(40)29(35)32(5,6)43-15(2)3)10-8-17-16(4)21(34)13-23(36-28)26(17)27/h12-13,15,22,29,42H,7-11,14,35H2,1-6H3,(H,37,40)/t22-,29+,33-/m0/s1. The number of pyridine rings is 2. The lowest BCUT2D eigenvalue weighted by Crippen LogP contribution is -2.53. The zero-order valence-corrected chi connectivity index (χ0v) is 26.4. The Balaban J connectivity index is 1.53. The number of halogens is 1. The number of amides is 1. The molecule has 6 rings (SSSR count). The molecular weight excluding hydrogens is 567 g/mol. The number of nitrogens with one attached hydrogen (secondary N) is 1. The summed E-state index contributed by atoms with van der Waals surface area (Å²) in [5.74, 6) is -0.921. The Morgan fingerprint density at radius 3 is 2.63 bits per heavy atom. The van der Waals surface area contributed by atoms with Crippen molar-refractivity contribution in [1.82, 2.24) is 14.9 Å². The van der Waals surface area contributed by atoms with Gasteiger partial charge in [0.1, 0.15) is 11.4 Å². The van der Waals surface area contributed by atoms with Crippen LogP contribution in [0.2, 0.25) is 0 Å². The van der Waals surface area contributed by atoms with E-state index in [-0.39, 0.29) is 48.9 Å². The number of aromatic nitrogens is 2. The molecule has 1 aromatic carbocycles. The van der Waals surface area contributed by atoms with Gasteiger partial charge in [0.25, 0.3) is 5.56 Å². The number of carbonyl (C=O) groups is 2. The summed E-state index contributed by atoms with van der Waals surface area (Å²) in [7, 11) is 0. The van der Waals surface area contributed by atoms with Crippen LogP contribution >= 0.6 is 11.8 Å². The predicted molar refractivity (Wildman–Crippen MR) is 167 cm³/mol. The topological polar surface area (TPSA) is 127 Å². The van der Waals surface area contributed by atoms with Crippen molar-refractivity contribution in [3.63, 3.8) is 0 Å². The SMILES string of the molecule is CC[C@@]1(O)C(=O)CCc2c1cc1n(c2=O)Cc2c-1nc1cc(F)c(C)c3c1c2[C@@H](NC(=O)[C@@H](N)C(C)(C)SC(C)C)CC3. The van der Waals surface area contributed by atoms with Gasteiger partial charge >= 0.3 is 0 Å². The lowest BCUT2D eigenvalue weighted by molar-refractivity contribution is -0.140. The van der Waals surface area contributed by atoms with Crippen molar-refractivity contribution in [2.45, 2.75) is 108 Å². The minimum atomic E-state index is -1.74. The second-order valence-electron chi connectivity index (χ2n) is 13.0. The third kappa shape index (κ3) is 4.47. The van der Waals surface area contributed by atoms with E-state index in [0.717, 1.165) is 22.1 Å². The molecule has 3 atom stereocenters. The van der Waals surface area contributed by atoms with Gasteiger partial charge in [0.2, 0.25) is 5.91 Å². The van der Waals surface area contributed by atoms with Gasteiger partial charge in [0.05, 0.1) is 35.5 Å². The molecule has 3 aliphatic rings. The number of Topliss-reactive ketones (excluding diaryl/α,β-unsaturated/α-hetero) is 1. The summed E-state index contributed by atoms with van der Waals surface area (Å²) in [6.45, 7) is 11.8. The van der Waals surface area contributed by atoms with Gasteiger partial charge in [0, 0.05) is 39.3 Å². The molecule has 228 valence electrons. The number of hydrogen-bond acceptors (Lipinski definition) is 7. The Bertz CT molecular complexity index is 1780. The molecule has 0 bridgehead atoms. The maximum atomic E-state index is 15.2. The number of thioether (sulfide) groups is 1. The Morgan fingerprint density at radius 1 is 1.23 bits per heavy atom. The lowest BCUT2D eigenvalue weighted by Gasteiger charge is -2.34. The molecule has 1 amide bonds. The highest BCUT2D eigenvalue weighted by atomic mass is 32.2. The van der Waals surface area contributed by atoms with Crippen molar-refractivity contribution < 1.29 is 19.1 Å². The highest BCUT2D eigenvalue weighted by Crippen LogP contribution is 2.46. The van der Waals surface area contributed by atoms with Gasteiger partial charge in [-0.3, -0.25) is 14.4 Å². The van der Waals surface area contributed by atoms with Crippen LogP contribution in [-0.4, -0.2) is 42.4 Å².